The topological polar surface area (TPSA) is 75.3 Å². The van der Waals surface area contributed by atoms with Gasteiger partial charge in [-0.1, -0.05) is 6.92 Å². The van der Waals surface area contributed by atoms with E-state index in [1.165, 1.54) is 13.3 Å². The third-order valence-corrected chi connectivity index (χ3v) is 1.40. The van der Waals surface area contributed by atoms with Crippen molar-refractivity contribution in [2.45, 2.75) is 32.9 Å². The number of nitrogens with zero attached hydrogens (tertiary/aromatic N) is 2. The summed E-state index contributed by atoms with van der Waals surface area (Å²) >= 11 is 0. The number of hydrogen-bond acceptors (Lipinski definition) is 3. The molecular weight excluding hydrogens is 184 g/mol. The molecule has 0 radical (unpaired) electrons. The second-order valence-electron chi connectivity index (χ2n) is 2.81. The van der Waals surface area contributed by atoms with Crippen molar-refractivity contribution in [1.29, 1.82) is 0 Å². The maximum atomic E-state index is 9.45. The highest BCUT2D eigenvalue weighted by Gasteiger charge is 2.01. The zero-order valence-electron chi connectivity index (χ0n) is 8.42. The Morgan fingerprint density at radius 3 is 2.50 bits per heavy atom. The number of carboxylic acids is 1. The Labute approximate surface area is 83.0 Å². The third kappa shape index (κ3) is 6.19. The van der Waals surface area contributed by atoms with Crippen molar-refractivity contribution < 1.29 is 15.0 Å². The fourth-order valence-electron chi connectivity index (χ4n) is 0.677. The fourth-order valence-corrected chi connectivity index (χ4v) is 0.677. The van der Waals surface area contributed by atoms with Gasteiger partial charge in [0.25, 0.3) is 0 Å². The van der Waals surface area contributed by atoms with E-state index in [9.17, 15) is 4.79 Å². The number of carboxylic acid groups (broad SMARTS) is 1. The summed E-state index contributed by atoms with van der Waals surface area (Å²) in [5.74, 6) is -1.19. The van der Waals surface area contributed by atoms with Crippen LogP contribution < -0.4 is 0 Å². The molecule has 80 valence electrons. The highest BCUT2D eigenvalue weighted by molar-refractivity contribution is 5.71. The summed E-state index contributed by atoms with van der Waals surface area (Å²) in [6.45, 7) is 4.43. The number of aryl methyl sites for hydroxylation is 1. The van der Waals surface area contributed by atoms with Crippen molar-refractivity contribution in [3.63, 3.8) is 0 Å². The molecule has 0 fully saturated rings. The van der Waals surface area contributed by atoms with Gasteiger partial charge in [0.05, 0.1) is 6.33 Å². The number of aromatic nitrogens is 2. The van der Waals surface area contributed by atoms with Crippen LogP contribution >= 0.6 is 0 Å². The van der Waals surface area contributed by atoms with Crippen LogP contribution in [0.4, 0.5) is 0 Å². The summed E-state index contributed by atoms with van der Waals surface area (Å²) in [5, 5.41) is 15.8. The van der Waals surface area contributed by atoms with Crippen molar-refractivity contribution in [2.24, 2.45) is 0 Å². The van der Waals surface area contributed by atoms with E-state index >= 15 is 0 Å². The highest BCUT2D eigenvalue weighted by Crippen LogP contribution is 1.87. The smallest absolute Gasteiger partial charge is 0.332 e. The van der Waals surface area contributed by atoms with E-state index in [0.29, 0.717) is 0 Å². The highest BCUT2D eigenvalue weighted by atomic mass is 16.4. The maximum Gasteiger partial charge on any atom is 0.332 e. The van der Waals surface area contributed by atoms with E-state index in [1.807, 2.05) is 12.5 Å². The van der Waals surface area contributed by atoms with E-state index < -0.39 is 12.1 Å². The van der Waals surface area contributed by atoms with Crippen LogP contribution in [-0.2, 0) is 11.3 Å². The number of aliphatic hydroxyl groups excluding tert-OH is 1. The Morgan fingerprint density at radius 2 is 2.21 bits per heavy atom. The van der Waals surface area contributed by atoms with Gasteiger partial charge in [-0.15, -0.1) is 0 Å². The Balaban J connectivity index is 0.000000255. The second-order valence-corrected chi connectivity index (χ2v) is 2.81. The normalized spacial score (nSPS) is 11.4. The summed E-state index contributed by atoms with van der Waals surface area (Å²) in [6.07, 6.45) is 5.56. The lowest BCUT2D eigenvalue weighted by Gasteiger charge is -1.93. The molecule has 0 aromatic carbocycles. The van der Waals surface area contributed by atoms with Gasteiger partial charge in [0.1, 0.15) is 6.10 Å². The molecule has 1 heterocycles. The molecule has 0 aliphatic carbocycles. The summed E-state index contributed by atoms with van der Waals surface area (Å²) in [6, 6.07) is 0. The molecule has 1 aromatic heterocycles. The van der Waals surface area contributed by atoms with Gasteiger partial charge in [0.2, 0.25) is 0 Å². The number of carbonyl (C=O) groups is 1. The molecule has 0 aliphatic heterocycles. The lowest BCUT2D eigenvalue weighted by Crippen LogP contribution is -2.13. The van der Waals surface area contributed by atoms with Crippen LogP contribution in [0.1, 0.15) is 20.3 Å². The second kappa shape index (κ2) is 7.08. The average Bonchev–Trinajstić information content (AvgIpc) is 2.58. The maximum absolute atomic E-state index is 9.45. The fraction of sp³-hybridized carbons (Fsp3) is 0.556. The van der Waals surface area contributed by atoms with E-state index in [1.54, 1.807) is 6.20 Å². The zero-order chi connectivity index (χ0) is 11.0. The third-order valence-electron chi connectivity index (χ3n) is 1.40. The first-order valence-electron chi connectivity index (χ1n) is 4.44. The van der Waals surface area contributed by atoms with Gasteiger partial charge in [0, 0.05) is 18.9 Å². The molecule has 0 amide bonds. The minimum atomic E-state index is -1.23. The Bertz CT molecular complexity index is 245. The Kier molecular flexibility index (Phi) is 6.39. The molecule has 0 bridgehead atoms. The predicted molar refractivity (Wildman–Crippen MR) is 51.8 cm³/mol. The summed E-state index contributed by atoms with van der Waals surface area (Å²) in [4.78, 5) is 13.4. The quantitative estimate of drug-likeness (QED) is 0.754. The van der Waals surface area contributed by atoms with E-state index in [2.05, 4.69) is 16.5 Å². The minimum absolute atomic E-state index is 1.08. The SMILES string of the molecule is CC(O)C(=O)O.CCCn1ccnc1. The largest absolute Gasteiger partial charge is 0.479 e. The Hall–Kier alpha value is -1.36. The van der Waals surface area contributed by atoms with Crippen LogP contribution in [0.2, 0.25) is 0 Å². The van der Waals surface area contributed by atoms with Crippen molar-refractivity contribution in [1.82, 2.24) is 9.55 Å². The van der Waals surface area contributed by atoms with Crippen LogP contribution in [0.15, 0.2) is 18.7 Å². The first kappa shape index (κ1) is 12.6. The van der Waals surface area contributed by atoms with E-state index in [0.717, 1.165) is 6.54 Å². The molecule has 0 spiro atoms. The molecule has 1 atom stereocenters. The number of rotatable bonds is 3. The zero-order valence-corrected chi connectivity index (χ0v) is 8.42. The summed E-state index contributed by atoms with van der Waals surface area (Å²) < 4.78 is 2.07. The molecule has 5 nitrogen and oxygen atoms in total. The van der Waals surface area contributed by atoms with Gasteiger partial charge in [-0.25, -0.2) is 9.78 Å². The Morgan fingerprint density at radius 1 is 1.64 bits per heavy atom. The summed E-state index contributed by atoms with van der Waals surface area (Å²) in [5.41, 5.74) is 0. The number of hydrogen-bond donors (Lipinski definition) is 2. The molecule has 5 heteroatoms. The monoisotopic (exact) mass is 200 g/mol. The van der Waals surface area contributed by atoms with Gasteiger partial charge < -0.3 is 14.8 Å². The van der Waals surface area contributed by atoms with E-state index in [4.69, 9.17) is 10.2 Å². The molecule has 1 rings (SSSR count). The van der Waals surface area contributed by atoms with Crippen molar-refractivity contribution in [3.05, 3.63) is 18.7 Å². The molecular formula is C9H16N2O3. The van der Waals surface area contributed by atoms with Gasteiger partial charge in [-0.3, -0.25) is 0 Å². The van der Waals surface area contributed by atoms with Gasteiger partial charge in [-0.05, 0) is 13.3 Å². The first-order valence-corrected chi connectivity index (χ1v) is 4.44. The van der Waals surface area contributed by atoms with Crippen molar-refractivity contribution in [3.8, 4) is 0 Å². The number of aliphatic carboxylic acids is 1. The molecule has 1 unspecified atom stereocenters. The van der Waals surface area contributed by atoms with Crippen LogP contribution in [-0.4, -0.2) is 31.8 Å². The van der Waals surface area contributed by atoms with Crippen molar-refractivity contribution >= 4 is 5.97 Å². The van der Waals surface area contributed by atoms with Crippen LogP contribution in [0, 0.1) is 0 Å². The molecule has 0 aliphatic rings. The van der Waals surface area contributed by atoms with Gasteiger partial charge in [-0.2, -0.15) is 0 Å². The molecule has 2 N–H and O–H groups in total. The standard InChI is InChI=1S/C6H10N2.C3H6O3/c1-2-4-8-5-3-7-6-8;1-2(4)3(5)6/h3,5-6H,2,4H2,1H3;2,4H,1H3,(H,5,6). The van der Waals surface area contributed by atoms with Crippen LogP contribution in [0.3, 0.4) is 0 Å². The lowest BCUT2D eigenvalue weighted by atomic mass is 10.4. The molecule has 14 heavy (non-hydrogen) atoms. The predicted octanol–water partition coefficient (Wildman–Crippen LogP) is 0.745. The first-order chi connectivity index (χ1) is 6.57. The van der Waals surface area contributed by atoms with Gasteiger partial charge in [0.15, 0.2) is 0 Å². The summed E-state index contributed by atoms with van der Waals surface area (Å²) in [7, 11) is 0. The number of aliphatic hydroxyl groups is 1. The minimum Gasteiger partial charge on any atom is -0.479 e. The van der Waals surface area contributed by atoms with Crippen molar-refractivity contribution in [2.75, 3.05) is 0 Å². The van der Waals surface area contributed by atoms with Crippen LogP contribution in [0.5, 0.6) is 0 Å². The van der Waals surface area contributed by atoms with E-state index in [-0.39, 0.29) is 0 Å². The lowest BCUT2D eigenvalue weighted by molar-refractivity contribution is -0.145. The molecule has 0 saturated carbocycles. The van der Waals surface area contributed by atoms with Crippen LogP contribution in [0.25, 0.3) is 0 Å². The average molecular weight is 200 g/mol. The van der Waals surface area contributed by atoms with Gasteiger partial charge >= 0.3 is 5.97 Å². The molecule has 0 saturated heterocycles. The number of imidazole rings is 1. The molecule has 1 aromatic rings.